The quantitative estimate of drug-likeness (QED) is 0.650. The average molecular weight is 441 g/mol. The standard InChI is InChI=1S/C25H32N2O3S/c1-26(31(2,29)30)25(28)22-10-8-20(9-11-22)18-27-14-12-19(13-15-27)16-23-17-24(23)21-6-4-3-5-7-21/h3-11,19,23-24H,12-18H2,1-2H3/t23-,24+/m1/s1. The van der Waals surface area contributed by atoms with Gasteiger partial charge in [-0.05, 0) is 79.8 Å². The summed E-state index contributed by atoms with van der Waals surface area (Å²) in [4.78, 5) is 14.8. The minimum Gasteiger partial charge on any atom is -0.299 e. The van der Waals surface area contributed by atoms with Gasteiger partial charge in [0, 0.05) is 19.2 Å². The largest absolute Gasteiger partial charge is 0.299 e. The van der Waals surface area contributed by atoms with Crippen LogP contribution in [0.25, 0.3) is 0 Å². The Kier molecular flexibility index (Phi) is 6.49. The highest BCUT2D eigenvalue weighted by atomic mass is 32.2. The zero-order valence-corrected chi connectivity index (χ0v) is 19.2. The minimum atomic E-state index is -3.54. The molecule has 4 rings (SSSR count). The Morgan fingerprint density at radius 1 is 1.03 bits per heavy atom. The second kappa shape index (κ2) is 9.13. The molecule has 2 aromatic rings. The predicted octanol–water partition coefficient (Wildman–Crippen LogP) is 4.12. The van der Waals surface area contributed by atoms with E-state index in [0.717, 1.165) is 53.5 Å². The maximum atomic E-state index is 12.3. The first-order valence-corrected chi connectivity index (χ1v) is 13.0. The van der Waals surface area contributed by atoms with Crippen molar-refractivity contribution in [3.05, 3.63) is 71.3 Å². The number of likely N-dealkylation sites (tertiary alicyclic amines) is 1. The number of hydrogen-bond donors (Lipinski definition) is 0. The van der Waals surface area contributed by atoms with Crippen LogP contribution < -0.4 is 0 Å². The molecule has 5 nitrogen and oxygen atoms in total. The van der Waals surface area contributed by atoms with Crippen molar-refractivity contribution in [1.29, 1.82) is 0 Å². The topological polar surface area (TPSA) is 57.7 Å². The third-order valence-electron chi connectivity index (χ3n) is 6.88. The number of amides is 1. The lowest BCUT2D eigenvalue weighted by Crippen LogP contribution is -2.33. The van der Waals surface area contributed by atoms with E-state index in [-0.39, 0.29) is 0 Å². The molecule has 2 aliphatic rings. The maximum Gasteiger partial charge on any atom is 0.267 e. The van der Waals surface area contributed by atoms with E-state index < -0.39 is 15.9 Å². The van der Waals surface area contributed by atoms with Gasteiger partial charge in [-0.2, -0.15) is 0 Å². The Morgan fingerprint density at radius 3 is 2.29 bits per heavy atom. The molecule has 0 radical (unpaired) electrons. The molecule has 2 aromatic carbocycles. The van der Waals surface area contributed by atoms with Gasteiger partial charge in [-0.25, -0.2) is 12.7 Å². The summed E-state index contributed by atoms with van der Waals surface area (Å²) in [5, 5.41) is 0. The van der Waals surface area contributed by atoms with Gasteiger partial charge in [-0.3, -0.25) is 9.69 Å². The van der Waals surface area contributed by atoms with E-state index in [1.54, 1.807) is 12.1 Å². The summed E-state index contributed by atoms with van der Waals surface area (Å²) in [5.41, 5.74) is 3.06. The fourth-order valence-electron chi connectivity index (χ4n) is 4.77. The molecule has 2 atom stereocenters. The molecule has 31 heavy (non-hydrogen) atoms. The van der Waals surface area contributed by atoms with Crippen molar-refractivity contribution in [2.24, 2.45) is 11.8 Å². The van der Waals surface area contributed by atoms with Crippen LogP contribution in [0.1, 0.15) is 53.1 Å². The third-order valence-corrected chi connectivity index (χ3v) is 8.04. The number of carbonyl (C=O) groups excluding carboxylic acids is 1. The summed E-state index contributed by atoms with van der Waals surface area (Å²) in [5.74, 6) is 1.99. The Bertz CT molecular complexity index is 997. The number of sulfonamides is 1. The molecule has 1 amide bonds. The first kappa shape index (κ1) is 22.0. The zero-order valence-electron chi connectivity index (χ0n) is 18.4. The lowest BCUT2D eigenvalue weighted by Gasteiger charge is -2.32. The smallest absolute Gasteiger partial charge is 0.267 e. The first-order chi connectivity index (χ1) is 14.8. The van der Waals surface area contributed by atoms with Crippen LogP contribution in [-0.2, 0) is 16.6 Å². The SMILES string of the molecule is CN(C(=O)c1ccc(CN2CCC(C[C@@H]3C[C@H]3c3ccccc3)CC2)cc1)S(C)(=O)=O. The first-order valence-electron chi connectivity index (χ1n) is 11.2. The van der Waals surface area contributed by atoms with Crippen LogP contribution in [0.2, 0.25) is 0 Å². The Hall–Kier alpha value is -2.18. The van der Waals surface area contributed by atoms with Crippen molar-refractivity contribution in [3.63, 3.8) is 0 Å². The van der Waals surface area contributed by atoms with Gasteiger partial charge in [-0.15, -0.1) is 0 Å². The van der Waals surface area contributed by atoms with Crippen LogP contribution in [0.15, 0.2) is 54.6 Å². The molecule has 0 spiro atoms. The maximum absolute atomic E-state index is 12.3. The van der Waals surface area contributed by atoms with Crippen molar-refractivity contribution in [2.45, 2.75) is 38.1 Å². The van der Waals surface area contributed by atoms with Crippen molar-refractivity contribution in [3.8, 4) is 0 Å². The van der Waals surface area contributed by atoms with Gasteiger partial charge in [-0.1, -0.05) is 42.5 Å². The second-order valence-electron chi connectivity index (χ2n) is 9.20. The van der Waals surface area contributed by atoms with Gasteiger partial charge < -0.3 is 0 Å². The van der Waals surface area contributed by atoms with Crippen molar-refractivity contribution in [1.82, 2.24) is 9.21 Å². The fraction of sp³-hybridized carbons (Fsp3) is 0.480. The molecule has 166 valence electrons. The Morgan fingerprint density at radius 2 is 1.68 bits per heavy atom. The molecule has 0 unspecified atom stereocenters. The summed E-state index contributed by atoms with van der Waals surface area (Å²) in [6.45, 7) is 3.11. The molecular formula is C25H32N2O3S. The molecule has 1 saturated carbocycles. The van der Waals surface area contributed by atoms with Gasteiger partial charge in [0.1, 0.15) is 0 Å². The van der Waals surface area contributed by atoms with Gasteiger partial charge in [0.25, 0.3) is 5.91 Å². The summed E-state index contributed by atoms with van der Waals surface area (Å²) < 4.78 is 23.9. The van der Waals surface area contributed by atoms with E-state index in [4.69, 9.17) is 0 Å². The number of benzene rings is 2. The molecule has 1 aliphatic carbocycles. The number of piperidine rings is 1. The number of hydrogen-bond acceptors (Lipinski definition) is 4. The van der Waals surface area contributed by atoms with E-state index in [0.29, 0.717) is 5.56 Å². The van der Waals surface area contributed by atoms with Crippen LogP contribution in [0.5, 0.6) is 0 Å². The van der Waals surface area contributed by atoms with E-state index >= 15 is 0 Å². The van der Waals surface area contributed by atoms with Gasteiger partial charge in [0.05, 0.1) is 6.26 Å². The molecule has 1 aliphatic heterocycles. The summed E-state index contributed by atoms with van der Waals surface area (Å²) in [6, 6.07) is 18.2. The van der Waals surface area contributed by atoms with Crippen molar-refractivity contribution >= 4 is 15.9 Å². The highest BCUT2D eigenvalue weighted by molar-refractivity contribution is 7.88. The fourth-order valence-corrected chi connectivity index (χ4v) is 5.17. The van der Waals surface area contributed by atoms with Gasteiger partial charge in [0.15, 0.2) is 0 Å². The summed E-state index contributed by atoms with van der Waals surface area (Å²) >= 11 is 0. The highest BCUT2D eigenvalue weighted by Crippen LogP contribution is 2.51. The highest BCUT2D eigenvalue weighted by Gasteiger charge is 2.39. The molecule has 0 bridgehead atoms. The van der Waals surface area contributed by atoms with Crippen molar-refractivity contribution in [2.75, 3.05) is 26.4 Å². The lowest BCUT2D eigenvalue weighted by molar-refractivity contribution is 0.0883. The third kappa shape index (κ3) is 5.55. The number of rotatable bonds is 7. The normalized spacial score (nSPS) is 22.3. The second-order valence-corrected chi connectivity index (χ2v) is 11.2. The average Bonchev–Trinajstić information content (AvgIpc) is 3.54. The predicted molar refractivity (Wildman–Crippen MR) is 123 cm³/mol. The Balaban J connectivity index is 1.23. The minimum absolute atomic E-state index is 0.396. The van der Waals surface area contributed by atoms with E-state index in [9.17, 15) is 13.2 Å². The molecule has 1 heterocycles. The Labute approximate surface area is 186 Å². The van der Waals surface area contributed by atoms with Gasteiger partial charge in [0.2, 0.25) is 10.0 Å². The van der Waals surface area contributed by atoms with Crippen molar-refractivity contribution < 1.29 is 13.2 Å². The monoisotopic (exact) mass is 440 g/mol. The molecule has 6 heteroatoms. The van der Waals surface area contributed by atoms with Crippen LogP contribution in [0.3, 0.4) is 0 Å². The molecule has 0 aromatic heterocycles. The van der Waals surface area contributed by atoms with E-state index in [1.807, 2.05) is 12.1 Å². The summed E-state index contributed by atoms with van der Waals surface area (Å²) in [6.07, 6.45) is 6.26. The van der Waals surface area contributed by atoms with Gasteiger partial charge >= 0.3 is 0 Å². The van der Waals surface area contributed by atoms with Crippen LogP contribution in [-0.4, -0.2) is 49.9 Å². The zero-order chi connectivity index (χ0) is 22.0. The molecule has 1 saturated heterocycles. The lowest BCUT2D eigenvalue weighted by atomic mass is 9.90. The number of carbonyl (C=O) groups is 1. The summed E-state index contributed by atoms with van der Waals surface area (Å²) in [7, 11) is -2.25. The number of nitrogens with zero attached hydrogens (tertiary/aromatic N) is 2. The van der Waals surface area contributed by atoms with E-state index in [1.165, 1.54) is 38.3 Å². The molecule has 0 N–H and O–H groups in total. The molecule has 2 fully saturated rings. The van der Waals surface area contributed by atoms with E-state index in [2.05, 4.69) is 35.2 Å². The van der Waals surface area contributed by atoms with Crippen LogP contribution >= 0.6 is 0 Å². The van der Waals surface area contributed by atoms with Crippen LogP contribution in [0, 0.1) is 11.8 Å². The van der Waals surface area contributed by atoms with Crippen LogP contribution in [0.4, 0.5) is 0 Å². The molecular weight excluding hydrogens is 408 g/mol.